The van der Waals surface area contributed by atoms with Gasteiger partial charge in [-0.3, -0.25) is 10.1 Å². The normalized spacial score (nSPS) is 14.1. The molecule has 0 unspecified atom stereocenters. The Bertz CT molecular complexity index is 1340. The van der Waals surface area contributed by atoms with Crippen LogP contribution in [0.3, 0.4) is 0 Å². The number of urea groups is 1. The number of anilines is 2. The summed E-state index contributed by atoms with van der Waals surface area (Å²) in [6, 6.07) is 14.0. The second kappa shape index (κ2) is 10.5. The first-order valence-electron chi connectivity index (χ1n) is 11.8. The molecule has 4 aromatic rings. The van der Waals surface area contributed by atoms with Crippen LogP contribution in [-0.4, -0.2) is 27.9 Å². The van der Waals surface area contributed by atoms with Crippen LogP contribution in [0.5, 0.6) is 0 Å². The molecule has 1 saturated carbocycles. The topological polar surface area (TPSA) is 96.0 Å². The van der Waals surface area contributed by atoms with Gasteiger partial charge in [-0.15, -0.1) is 22.7 Å². The fourth-order valence-corrected chi connectivity index (χ4v) is 6.01. The number of nitrogens with one attached hydrogen (secondary N) is 3. The Morgan fingerprint density at radius 2 is 1.80 bits per heavy atom. The summed E-state index contributed by atoms with van der Waals surface area (Å²) in [5.74, 6) is -0.156. The van der Waals surface area contributed by atoms with Crippen molar-refractivity contribution in [1.82, 2.24) is 15.3 Å². The minimum atomic E-state index is -0.231. The van der Waals surface area contributed by atoms with E-state index in [2.05, 4.69) is 40.0 Å². The van der Waals surface area contributed by atoms with Gasteiger partial charge in [0.1, 0.15) is 5.01 Å². The first-order chi connectivity index (χ1) is 17.0. The molecular weight excluding hydrogens is 478 g/mol. The molecule has 2 aromatic heterocycles. The summed E-state index contributed by atoms with van der Waals surface area (Å²) in [6.07, 6.45) is 5.75. The SMILES string of the molecule is Cc1ccc2nc(-c3ccc(NC(=O)Cc4csc(NC(=O)NC5CCCCC5)n4)cc3)sc2c1. The number of amides is 3. The van der Waals surface area contributed by atoms with Crippen LogP contribution < -0.4 is 16.0 Å². The van der Waals surface area contributed by atoms with Gasteiger partial charge in [0.05, 0.1) is 22.3 Å². The lowest BCUT2D eigenvalue weighted by Gasteiger charge is -2.22. The second-order valence-corrected chi connectivity index (χ2v) is 10.8. The fraction of sp³-hybridized carbons (Fsp3) is 0.308. The zero-order valence-electron chi connectivity index (χ0n) is 19.5. The number of carbonyl (C=O) groups is 2. The Hall–Kier alpha value is -3.30. The number of carbonyl (C=O) groups excluding carboxylic acids is 2. The lowest BCUT2D eigenvalue weighted by molar-refractivity contribution is -0.115. The molecule has 5 rings (SSSR count). The lowest BCUT2D eigenvalue weighted by Crippen LogP contribution is -2.39. The van der Waals surface area contributed by atoms with Gasteiger partial charge < -0.3 is 10.6 Å². The smallest absolute Gasteiger partial charge is 0.321 e. The first kappa shape index (κ1) is 23.4. The highest BCUT2D eigenvalue weighted by atomic mass is 32.1. The van der Waals surface area contributed by atoms with Crippen molar-refractivity contribution >= 4 is 55.6 Å². The van der Waals surface area contributed by atoms with E-state index >= 15 is 0 Å². The molecule has 9 heteroatoms. The fourth-order valence-electron chi connectivity index (χ4n) is 4.23. The molecule has 1 aliphatic rings. The van der Waals surface area contributed by atoms with Crippen molar-refractivity contribution in [2.75, 3.05) is 10.6 Å². The first-order valence-corrected chi connectivity index (χ1v) is 13.5. The van der Waals surface area contributed by atoms with Crippen molar-refractivity contribution in [3.05, 3.63) is 59.1 Å². The van der Waals surface area contributed by atoms with Gasteiger partial charge in [0.2, 0.25) is 5.91 Å². The summed E-state index contributed by atoms with van der Waals surface area (Å²) in [5.41, 5.74) is 4.58. The van der Waals surface area contributed by atoms with E-state index in [-0.39, 0.29) is 24.4 Å². The summed E-state index contributed by atoms with van der Waals surface area (Å²) in [7, 11) is 0. The van der Waals surface area contributed by atoms with Crippen molar-refractivity contribution in [1.29, 1.82) is 0 Å². The molecule has 35 heavy (non-hydrogen) atoms. The van der Waals surface area contributed by atoms with Gasteiger partial charge in [-0.25, -0.2) is 14.8 Å². The molecule has 1 aliphatic carbocycles. The quantitative estimate of drug-likeness (QED) is 0.284. The Morgan fingerprint density at radius 1 is 1.00 bits per heavy atom. The van der Waals surface area contributed by atoms with Crippen LogP contribution in [0.4, 0.5) is 15.6 Å². The van der Waals surface area contributed by atoms with Crippen molar-refractivity contribution < 1.29 is 9.59 Å². The highest BCUT2D eigenvalue weighted by molar-refractivity contribution is 7.21. The van der Waals surface area contributed by atoms with E-state index in [1.807, 2.05) is 30.3 Å². The predicted octanol–water partition coefficient (Wildman–Crippen LogP) is 6.36. The number of aryl methyl sites for hydroxylation is 1. The van der Waals surface area contributed by atoms with Crippen LogP contribution >= 0.6 is 22.7 Å². The van der Waals surface area contributed by atoms with Gasteiger partial charge in [-0.1, -0.05) is 25.3 Å². The van der Waals surface area contributed by atoms with Gasteiger partial charge in [0, 0.05) is 22.7 Å². The van der Waals surface area contributed by atoms with Gasteiger partial charge in [0.15, 0.2) is 5.13 Å². The molecule has 0 radical (unpaired) electrons. The Kier molecular flexibility index (Phi) is 7.06. The molecule has 180 valence electrons. The Morgan fingerprint density at radius 3 is 2.60 bits per heavy atom. The van der Waals surface area contributed by atoms with E-state index < -0.39 is 0 Å². The number of thiazole rings is 2. The number of aromatic nitrogens is 2. The summed E-state index contributed by atoms with van der Waals surface area (Å²) in [5, 5.41) is 12.0. The second-order valence-electron chi connectivity index (χ2n) is 8.87. The molecule has 2 heterocycles. The molecule has 3 N–H and O–H groups in total. The maximum absolute atomic E-state index is 12.5. The van der Waals surface area contributed by atoms with Crippen molar-refractivity contribution in [2.45, 2.75) is 51.5 Å². The van der Waals surface area contributed by atoms with Gasteiger partial charge in [-0.05, 0) is 61.7 Å². The number of fused-ring (bicyclic) bond motifs is 1. The van der Waals surface area contributed by atoms with Gasteiger partial charge >= 0.3 is 6.03 Å². The van der Waals surface area contributed by atoms with E-state index in [9.17, 15) is 9.59 Å². The zero-order valence-corrected chi connectivity index (χ0v) is 21.1. The van der Waals surface area contributed by atoms with Crippen molar-refractivity contribution in [3.63, 3.8) is 0 Å². The number of rotatable bonds is 6. The average molecular weight is 506 g/mol. The van der Waals surface area contributed by atoms with Crippen molar-refractivity contribution in [2.24, 2.45) is 0 Å². The van der Waals surface area contributed by atoms with Crippen LogP contribution in [0.15, 0.2) is 47.8 Å². The molecule has 1 fully saturated rings. The summed E-state index contributed by atoms with van der Waals surface area (Å²) in [4.78, 5) is 33.8. The van der Waals surface area contributed by atoms with E-state index in [1.54, 1.807) is 16.7 Å². The largest absolute Gasteiger partial charge is 0.335 e. The van der Waals surface area contributed by atoms with Crippen LogP contribution in [0.1, 0.15) is 43.4 Å². The minimum absolute atomic E-state index is 0.140. The minimum Gasteiger partial charge on any atom is -0.335 e. The third-order valence-corrected chi connectivity index (χ3v) is 7.89. The van der Waals surface area contributed by atoms with Crippen molar-refractivity contribution in [3.8, 4) is 10.6 Å². The van der Waals surface area contributed by atoms with Gasteiger partial charge in [0.25, 0.3) is 0 Å². The zero-order chi connectivity index (χ0) is 24.2. The van der Waals surface area contributed by atoms with E-state index in [1.165, 1.54) is 28.0 Å². The Labute approximate surface area is 212 Å². The van der Waals surface area contributed by atoms with Gasteiger partial charge in [-0.2, -0.15) is 0 Å². The summed E-state index contributed by atoms with van der Waals surface area (Å²) < 4.78 is 1.17. The lowest BCUT2D eigenvalue weighted by atomic mass is 9.96. The molecule has 0 saturated heterocycles. The molecule has 0 spiro atoms. The predicted molar refractivity (Wildman–Crippen MR) is 143 cm³/mol. The third-order valence-electron chi connectivity index (χ3n) is 6.01. The maximum Gasteiger partial charge on any atom is 0.321 e. The summed E-state index contributed by atoms with van der Waals surface area (Å²) in [6.45, 7) is 2.08. The van der Waals surface area contributed by atoms with Crippen LogP contribution in [-0.2, 0) is 11.2 Å². The standard InChI is InChI=1S/C26H27N5O2S2/c1-16-7-12-21-22(13-16)35-24(30-21)17-8-10-19(11-9-17)27-23(32)14-20-15-34-26(29-20)31-25(33)28-18-5-3-2-4-6-18/h7-13,15,18H,2-6,14H2,1H3,(H,27,32)(H2,28,29,31,33). The number of nitrogens with zero attached hydrogens (tertiary/aromatic N) is 2. The summed E-state index contributed by atoms with van der Waals surface area (Å²) >= 11 is 2.98. The number of hydrogen-bond donors (Lipinski definition) is 3. The third kappa shape index (κ3) is 6.04. The molecule has 2 aromatic carbocycles. The van der Waals surface area contributed by atoms with Crippen LogP contribution in [0.25, 0.3) is 20.8 Å². The molecule has 7 nitrogen and oxygen atoms in total. The van der Waals surface area contributed by atoms with Crippen LogP contribution in [0, 0.1) is 6.92 Å². The molecule has 0 bridgehead atoms. The van der Waals surface area contributed by atoms with E-state index in [4.69, 9.17) is 4.98 Å². The highest BCUT2D eigenvalue weighted by Gasteiger charge is 2.17. The van der Waals surface area contributed by atoms with E-state index in [0.29, 0.717) is 10.8 Å². The highest BCUT2D eigenvalue weighted by Crippen LogP contribution is 2.31. The number of benzene rings is 2. The molecule has 0 atom stereocenters. The maximum atomic E-state index is 12.5. The number of hydrogen-bond acceptors (Lipinski definition) is 6. The average Bonchev–Trinajstić information content (AvgIpc) is 3.46. The molecular formula is C26H27N5O2S2. The molecule has 0 aliphatic heterocycles. The Balaban J connectivity index is 1.14. The monoisotopic (exact) mass is 505 g/mol. The van der Waals surface area contributed by atoms with Crippen LogP contribution in [0.2, 0.25) is 0 Å². The van der Waals surface area contributed by atoms with E-state index in [0.717, 1.165) is 47.5 Å². The molecule has 3 amide bonds.